The third-order valence-electron chi connectivity index (χ3n) is 4.55. The van der Waals surface area contributed by atoms with Crippen molar-refractivity contribution in [3.8, 4) is 0 Å². The normalized spacial score (nSPS) is 18.8. The predicted octanol–water partition coefficient (Wildman–Crippen LogP) is 1.11. The summed E-state index contributed by atoms with van der Waals surface area (Å²) >= 11 is 0. The number of benzene rings is 2. The Balaban J connectivity index is 1.93. The lowest BCUT2D eigenvalue weighted by Gasteiger charge is -2.22. The molecular formula is C18H16N4O7S. The molecule has 156 valence electrons. The van der Waals surface area contributed by atoms with Gasteiger partial charge in [-0.1, -0.05) is 30.3 Å². The molecule has 1 atom stereocenters. The molecule has 2 aromatic carbocycles. The Hall–Kier alpha value is -3.80. The summed E-state index contributed by atoms with van der Waals surface area (Å²) in [7, 11) is -3.86. The lowest BCUT2D eigenvalue weighted by Crippen LogP contribution is -2.47. The molecule has 0 saturated carbocycles. The van der Waals surface area contributed by atoms with E-state index in [-0.39, 0.29) is 0 Å². The maximum Gasteiger partial charge on any atom is 0.344 e. The van der Waals surface area contributed by atoms with Crippen LogP contribution in [0.25, 0.3) is 0 Å². The minimum absolute atomic E-state index is 0.404. The molecule has 0 aliphatic carbocycles. The van der Waals surface area contributed by atoms with E-state index in [1.165, 1.54) is 6.92 Å². The third-order valence-corrected chi connectivity index (χ3v) is 5.64. The highest BCUT2D eigenvalue weighted by atomic mass is 32.2. The van der Waals surface area contributed by atoms with Crippen LogP contribution in [0.1, 0.15) is 22.8 Å². The molecule has 12 heteroatoms. The molecule has 1 aliphatic heterocycles. The molecule has 0 bridgehead atoms. The Kier molecular flexibility index (Phi) is 5.04. The Morgan fingerprint density at radius 1 is 1.17 bits per heavy atom. The second kappa shape index (κ2) is 7.22. The number of urea groups is 1. The fourth-order valence-corrected chi connectivity index (χ4v) is 3.58. The number of carbonyl (C=O) groups excluding carboxylic acids is 3. The first-order chi connectivity index (χ1) is 13.9. The SMILES string of the molecule is CC1(c2ccccc2)NC(=O)N(NC(=O)c2cc([N+](=O)[O-])cc(S(C)(=O)=O)c2)C1=O. The van der Waals surface area contributed by atoms with E-state index < -0.39 is 54.3 Å². The average Bonchev–Trinajstić information content (AvgIpc) is 2.91. The van der Waals surface area contributed by atoms with E-state index in [0.29, 0.717) is 10.6 Å². The van der Waals surface area contributed by atoms with Crippen LogP contribution in [-0.4, -0.2) is 42.5 Å². The zero-order valence-electron chi connectivity index (χ0n) is 15.8. The summed E-state index contributed by atoms with van der Waals surface area (Å²) in [5, 5.41) is 14.0. The molecule has 3 rings (SSSR count). The number of hydrogen-bond acceptors (Lipinski definition) is 7. The highest BCUT2D eigenvalue weighted by molar-refractivity contribution is 7.90. The molecule has 11 nitrogen and oxygen atoms in total. The smallest absolute Gasteiger partial charge is 0.318 e. The fourth-order valence-electron chi connectivity index (χ4n) is 2.91. The molecule has 2 aromatic rings. The van der Waals surface area contributed by atoms with E-state index in [4.69, 9.17) is 0 Å². The number of nitrogens with one attached hydrogen (secondary N) is 2. The van der Waals surface area contributed by atoms with Gasteiger partial charge in [0.05, 0.1) is 9.82 Å². The summed E-state index contributed by atoms with van der Waals surface area (Å²) in [6, 6.07) is 10.0. The first-order valence-corrected chi connectivity index (χ1v) is 10.4. The van der Waals surface area contributed by atoms with Gasteiger partial charge in [-0.2, -0.15) is 5.01 Å². The average molecular weight is 432 g/mol. The maximum absolute atomic E-state index is 12.8. The monoisotopic (exact) mass is 432 g/mol. The second-order valence-corrected chi connectivity index (χ2v) is 8.76. The molecule has 4 amide bonds. The van der Waals surface area contributed by atoms with Gasteiger partial charge in [-0.05, 0) is 18.6 Å². The summed E-state index contributed by atoms with van der Waals surface area (Å²) in [5.74, 6) is -1.84. The number of carbonyl (C=O) groups is 3. The molecule has 2 N–H and O–H groups in total. The minimum atomic E-state index is -3.86. The Bertz CT molecular complexity index is 1180. The molecule has 30 heavy (non-hydrogen) atoms. The minimum Gasteiger partial charge on any atom is -0.318 e. The van der Waals surface area contributed by atoms with Gasteiger partial charge in [0.2, 0.25) is 0 Å². The number of nitro groups is 1. The van der Waals surface area contributed by atoms with Crippen LogP contribution in [-0.2, 0) is 20.2 Å². The largest absolute Gasteiger partial charge is 0.344 e. The quantitative estimate of drug-likeness (QED) is 0.407. The first kappa shape index (κ1) is 20.9. The van der Waals surface area contributed by atoms with Gasteiger partial charge in [-0.15, -0.1) is 0 Å². The fraction of sp³-hybridized carbons (Fsp3) is 0.167. The van der Waals surface area contributed by atoms with Gasteiger partial charge in [0, 0.05) is 24.0 Å². The van der Waals surface area contributed by atoms with E-state index >= 15 is 0 Å². The molecule has 1 unspecified atom stereocenters. The lowest BCUT2D eigenvalue weighted by molar-refractivity contribution is -0.385. The van der Waals surface area contributed by atoms with Crippen molar-refractivity contribution in [2.45, 2.75) is 17.4 Å². The van der Waals surface area contributed by atoms with E-state index in [9.17, 15) is 32.9 Å². The van der Waals surface area contributed by atoms with Gasteiger partial charge in [-0.3, -0.25) is 25.1 Å². The van der Waals surface area contributed by atoms with Crippen LogP contribution in [0.15, 0.2) is 53.4 Å². The molecule has 1 heterocycles. The molecule has 0 radical (unpaired) electrons. The first-order valence-electron chi connectivity index (χ1n) is 8.46. The van der Waals surface area contributed by atoms with Crippen LogP contribution in [0, 0.1) is 10.1 Å². The van der Waals surface area contributed by atoms with Crippen LogP contribution >= 0.6 is 0 Å². The topological polar surface area (TPSA) is 156 Å². The van der Waals surface area contributed by atoms with Crippen molar-refractivity contribution >= 4 is 33.4 Å². The van der Waals surface area contributed by atoms with Crippen molar-refractivity contribution in [3.05, 3.63) is 69.8 Å². The number of nitrogens with zero attached hydrogens (tertiary/aromatic N) is 2. The van der Waals surface area contributed by atoms with Crippen LogP contribution in [0.4, 0.5) is 10.5 Å². The summed E-state index contributed by atoms with van der Waals surface area (Å²) in [5.41, 5.74) is 0.0886. The highest BCUT2D eigenvalue weighted by Crippen LogP contribution is 2.28. The summed E-state index contributed by atoms with van der Waals surface area (Å²) < 4.78 is 23.6. The standard InChI is InChI=1S/C18H16N4O7S/c1-18(12-6-4-3-5-7-12)16(24)21(17(25)19-18)20-15(23)11-8-13(22(26)27)10-14(9-11)30(2,28)29/h3-10H,1-2H3,(H,19,25)(H,20,23). The molecule has 1 saturated heterocycles. The van der Waals surface area contributed by atoms with E-state index in [1.54, 1.807) is 30.3 Å². The van der Waals surface area contributed by atoms with Gasteiger partial charge >= 0.3 is 6.03 Å². The van der Waals surface area contributed by atoms with Crippen LogP contribution in [0.2, 0.25) is 0 Å². The predicted molar refractivity (Wildman–Crippen MR) is 103 cm³/mol. The summed E-state index contributed by atoms with van der Waals surface area (Å²) in [6.07, 6.45) is 0.830. The zero-order valence-corrected chi connectivity index (χ0v) is 16.6. The maximum atomic E-state index is 12.8. The highest BCUT2D eigenvalue weighted by Gasteiger charge is 2.50. The van der Waals surface area contributed by atoms with Crippen LogP contribution < -0.4 is 10.7 Å². The number of nitro benzene ring substituents is 1. The number of hydrazine groups is 1. The van der Waals surface area contributed by atoms with Gasteiger partial charge in [0.1, 0.15) is 5.54 Å². The summed E-state index contributed by atoms with van der Waals surface area (Å²) in [6.45, 7) is 1.46. The van der Waals surface area contributed by atoms with Crippen molar-refractivity contribution in [2.75, 3.05) is 6.26 Å². The number of amides is 4. The third kappa shape index (κ3) is 3.72. The van der Waals surface area contributed by atoms with Crippen molar-refractivity contribution in [1.29, 1.82) is 0 Å². The van der Waals surface area contributed by atoms with Crippen molar-refractivity contribution < 1.29 is 27.7 Å². The number of rotatable bonds is 5. The van der Waals surface area contributed by atoms with Crippen molar-refractivity contribution in [1.82, 2.24) is 15.8 Å². The molecular weight excluding hydrogens is 416 g/mol. The van der Waals surface area contributed by atoms with Gasteiger partial charge in [0.25, 0.3) is 17.5 Å². The Labute approximate surface area is 170 Å². The zero-order chi connectivity index (χ0) is 22.3. The van der Waals surface area contributed by atoms with Crippen LogP contribution in [0.5, 0.6) is 0 Å². The molecule has 0 spiro atoms. The van der Waals surface area contributed by atoms with E-state index in [0.717, 1.165) is 24.5 Å². The molecule has 1 fully saturated rings. The molecule has 1 aliphatic rings. The molecule has 0 aromatic heterocycles. The lowest BCUT2D eigenvalue weighted by atomic mass is 9.92. The second-order valence-electron chi connectivity index (χ2n) is 6.75. The van der Waals surface area contributed by atoms with Crippen LogP contribution in [0.3, 0.4) is 0 Å². The number of hydrogen-bond donors (Lipinski definition) is 2. The van der Waals surface area contributed by atoms with Gasteiger partial charge in [-0.25, -0.2) is 13.2 Å². The van der Waals surface area contributed by atoms with E-state index in [2.05, 4.69) is 10.7 Å². The number of sulfone groups is 1. The number of non-ortho nitro benzene ring substituents is 1. The van der Waals surface area contributed by atoms with Gasteiger partial charge < -0.3 is 5.32 Å². The van der Waals surface area contributed by atoms with Crippen molar-refractivity contribution in [3.63, 3.8) is 0 Å². The summed E-state index contributed by atoms with van der Waals surface area (Å²) in [4.78, 5) is 47.5. The Morgan fingerprint density at radius 2 is 1.80 bits per heavy atom. The van der Waals surface area contributed by atoms with E-state index in [1.807, 2.05) is 0 Å². The Morgan fingerprint density at radius 3 is 2.37 bits per heavy atom. The van der Waals surface area contributed by atoms with Gasteiger partial charge in [0.15, 0.2) is 9.84 Å². The van der Waals surface area contributed by atoms with Crippen molar-refractivity contribution in [2.24, 2.45) is 0 Å². The number of imide groups is 1.